The average Bonchev–Trinajstić information content (AvgIpc) is 2.76. The van der Waals surface area contributed by atoms with Gasteiger partial charge in [-0.2, -0.15) is 5.10 Å². The van der Waals surface area contributed by atoms with Gasteiger partial charge in [-0.15, -0.1) is 0 Å². The fraction of sp³-hybridized carbons (Fsp3) is 0. The summed E-state index contributed by atoms with van der Waals surface area (Å²) in [6, 6.07) is 13.2. The third kappa shape index (κ3) is 1.34. The van der Waals surface area contributed by atoms with Crippen molar-refractivity contribution in [2.45, 2.75) is 0 Å². The average molecular weight is 210 g/mol. The zero-order valence-corrected chi connectivity index (χ0v) is 8.51. The standard InChI is InChI=1S/C13H10N2O/c16-10-4-1-3-9(7-10)11-5-2-6-13-12(11)8-14-15-13/h1-8,16H,(H,14,15). The fourth-order valence-electron chi connectivity index (χ4n) is 1.89. The molecule has 16 heavy (non-hydrogen) atoms. The summed E-state index contributed by atoms with van der Waals surface area (Å²) in [5.41, 5.74) is 3.06. The van der Waals surface area contributed by atoms with Crippen molar-refractivity contribution in [2.24, 2.45) is 0 Å². The molecule has 0 bridgehead atoms. The quantitative estimate of drug-likeness (QED) is 0.648. The maximum Gasteiger partial charge on any atom is 0.116 e. The molecule has 78 valence electrons. The van der Waals surface area contributed by atoms with Gasteiger partial charge in [-0.25, -0.2) is 0 Å². The molecule has 0 fully saturated rings. The van der Waals surface area contributed by atoms with E-state index >= 15 is 0 Å². The highest BCUT2D eigenvalue weighted by Crippen LogP contribution is 2.29. The molecule has 0 saturated heterocycles. The number of fused-ring (bicyclic) bond motifs is 1. The number of aromatic nitrogens is 2. The van der Waals surface area contributed by atoms with Gasteiger partial charge in [0, 0.05) is 5.39 Å². The van der Waals surface area contributed by atoms with Gasteiger partial charge in [0.1, 0.15) is 5.75 Å². The SMILES string of the molecule is Oc1cccc(-c2cccc3[nH]ncc23)c1. The minimum Gasteiger partial charge on any atom is -0.508 e. The lowest BCUT2D eigenvalue weighted by atomic mass is 10.0. The van der Waals surface area contributed by atoms with Crippen molar-refractivity contribution >= 4 is 10.9 Å². The van der Waals surface area contributed by atoms with E-state index in [1.807, 2.05) is 30.3 Å². The number of nitrogens with one attached hydrogen (secondary N) is 1. The Kier molecular flexibility index (Phi) is 1.90. The first-order valence-corrected chi connectivity index (χ1v) is 5.06. The minimum absolute atomic E-state index is 0.276. The Morgan fingerprint density at radius 1 is 1.06 bits per heavy atom. The topological polar surface area (TPSA) is 48.9 Å². The van der Waals surface area contributed by atoms with Crippen molar-refractivity contribution in [1.29, 1.82) is 0 Å². The second-order valence-electron chi connectivity index (χ2n) is 3.69. The maximum atomic E-state index is 9.47. The van der Waals surface area contributed by atoms with E-state index in [2.05, 4.69) is 10.2 Å². The molecule has 1 heterocycles. The lowest BCUT2D eigenvalue weighted by Crippen LogP contribution is -1.78. The number of hydrogen-bond acceptors (Lipinski definition) is 2. The van der Waals surface area contributed by atoms with Gasteiger partial charge in [-0.3, -0.25) is 5.10 Å². The number of aromatic hydroxyl groups is 1. The van der Waals surface area contributed by atoms with Crippen LogP contribution in [0.5, 0.6) is 5.75 Å². The minimum atomic E-state index is 0.276. The highest BCUT2D eigenvalue weighted by Gasteiger charge is 2.04. The number of benzene rings is 2. The van der Waals surface area contributed by atoms with Crippen LogP contribution in [0.25, 0.3) is 22.0 Å². The van der Waals surface area contributed by atoms with E-state index in [-0.39, 0.29) is 5.75 Å². The molecule has 0 aliphatic rings. The van der Waals surface area contributed by atoms with Crippen LogP contribution in [0.15, 0.2) is 48.7 Å². The molecule has 2 aromatic carbocycles. The van der Waals surface area contributed by atoms with Gasteiger partial charge in [0.2, 0.25) is 0 Å². The van der Waals surface area contributed by atoms with E-state index in [4.69, 9.17) is 0 Å². The van der Waals surface area contributed by atoms with Crippen LogP contribution in [0.4, 0.5) is 0 Å². The van der Waals surface area contributed by atoms with Crippen LogP contribution in [0.1, 0.15) is 0 Å². The van der Waals surface area contributed by atoms with E-state index in [1.165, 1.54) is 0 Å². The van der Waals surface area contributed by atoms with Gasteiger partial charge < -0.3 is 5.11 Å². The Balaban J connectivity index is 2.29. The molecular weight excluding hydrogens is 200 g/mol. The smallest absolute Gasteiger partial charge is 0.116 e. The van der Waals surface area contributed by atoms with Gasteiger partial charge in [0.15, 0.2) is 0 Å². The van der Waals surface area contributed by atoms with Gasteiger partial charge in [0.05, 0.1) is 11.7 Å². The van der Waals surface area contributed by atoms with Gasteiger partial charge >= 0.3 is 0 Å². The lowest BCUT2D eigenvalue weighted by molar-refractivity contribution is 0.475. The summed E-state index contributed by atoms with van der Waals surface area (Å²) in [5.74, 6) is 0.276. The molecule has 0 saturated carbocycles. The summed E-state index contributed by atoms with van der Waals surface area (Å²) < 4.78 is 0. The molecule has 0 unspecified atom stereocenters. The van der Waals surface area contributed by atoms with Crippen LogP contribution < -0.4 is 0 Å². The summed E-state index contributed by atoms with van der Waals surface area (Å²) >= 11 is 0. The van der Waals surface area contributed by atoms with Crippen molar-refractivity contribution in [3.63, 3.8) is 0 Å². The van der Waals surface area contributed by atoms with Gasteiger partial charge in [-0.1, -0.05) is 24.3 Å². The summed E-state index contributed by atoms with van der Waals surface area (Å²) in [4.78, 5) is 0. The number of aromatic amines is 1. The van der Waals surface area contributed by atoms with E-state index in [0.717, 1.165) is 22.0 Å². The van der Waals surface area contributed by atoms with Crippen molar-refractivity contribution in [1.82, 2.24) is 10.2 Å². The molecule has 3 aromatic rings. The number of rotatable bonds is 1. The van der Waals surface area contributed by atoms with Gasteiger partial charge in [-0.05, 0) is 29.3 Å². The highest BCUT2D eigenvalue weighted by molar-refractivity contribution is 5.94. The lowest BCUT2D eigenvalue weighted by Gasteiger charge is -2.03. The molecule has 3 rings (SSSR count). The Bertz CT molecular complexity index is 643. The predicted molar refractivity (Wildman–Crippen MR) is 63.2 cm³/mol. The van der Waals surface area contributed by atoms with Crippen LogP contribution in [0.2, 0.25) is 0 Å². The highest BCUT2D eigenvalue weighted by atomic mass is 16.3. The molecule has 1 aromatic heterocycles. The number of hydrogen-bond donors (Lipinski definition) is 2. The van der Waals surface area contributed by atoms with E-state index in [9.17, 15) is 5.11 Å². The van der Waals surface area contributed by atoms with Crippen LogP contribution in [0, 0.1) is 0 Å². The van der Waals surface area contributed by atoms with Crippen molar-refractivity contribution in [2.75, 3.05) is 0 Å². The zero-order chi connectivity index (χ0) is 11.0. The normalized spacial score (nSPS) is 10.8. The molecule has 3 heteroatoms. The zero-order valence-electron chi connectivity index (χ0n) is 8.51. The second kappa shape index (κ2) is 3.38. The van der Waals surface area contributed by atoms with Gasteiger partial charge in [0.25, 0.3) is 0 Å². The Morgan fingerprint density at radius 3 is 2.81 bits per heavy atom. The Morgan fingerprint density at radius 2 is 1.94 bits per heavy atom. The summed E-state index contributed by atoms with van der Waals surface area (Å²) in [6.07, 6.45) is 1.80. The number of nitrogens with zero attached hydrogens (tertiary/aromatic N) is 1. The molecule has 2 N–H and O–H groups in total. The third-order valence-electron chi connectivity index (χ3n) is 2.64. The number of phenolic OH excluding ortho intramolecular Hbond substituents is 1. The molecule has 0 spiro atoms. The first kappa shape index (κ1) is 8.97. The van der Waals surface area contributed by atoms with Crippen LogP contribution in [-0.2, 0) is 0 Å². The molecule has 3 nitrogen and oxygen atoms in total. The molecule has 0 atom stereocenters. The summed E-state index contributed by atoms with van der Waals surface area (Å²) in [7, 11) is 0. The summed E-state index contributed by atoms with van der Waals surface area (Å²) in [5, 5.41) is 17.5. The van der Waals surface area contributed by atoms with Crippen LogP contribution in [-0.4, -0.2) is 15.3 Å². The van der Waals surface area contributed by atoms with Crippen molar-refractivity contribution in [3.8, 4) is 16.9 Å². The van der Waals surface area contributed by atoms with Crippen molar-refractivity contribution < 1.29 is 5.11 Å². The Labute approximate surface area is 92.4 Å². The monoisotopic (exact) mass is 210 g/mol. The maximum absolute atomic E-state index is 9.47. The fourth-order valence-corrected chi connectivity index (χ4v) is 1.89. The first-order valence-electron chi connectivity index (χ1n) is 5.06. The molecule has 0 aliphatic heterocycles. The molecule has 0 radical (unpaired) electrons. The van der Waals surface area contributed by atoms with E-state index < -0.39 is 0 Å². The van der Waals surface area contributed by atoms with E-state index in [0.29, 0.717) is 0 Å². The largest absolute Gasteiger partial charge is 0.508 e. The molecule has 0 aliphatic carbocycles. The van der Waals surface area contributed by atoms with E-state index in [1.54, 1.807) is 18.3 Å². The predicted octanol–water partition coefficient (Wildman–Crippen LogP) is 2.94. The number of phenols is 1. The van der Waals surface area contributed by atoms with Crippen molar-refractivity contribution in [3.05, 3.63) is 48.7 Å². The Hall–Kier alpha value is -2.29. The first-order chi connectivity index (χ1) is 7.84. The van der Waals surface area contributed by atoms with Crippen LogP contribution in [0.3, 0.4) is 0 Å². The molecule has 0 amide bonds. The second-order valence-corrected chi connectivity index (χ2v) is 3.69. The third-order valence-corrected chi connectivity index (χ3v) is 2.64. The van der Waals surface area contributed by atoms with Crippen LogP contribution >= 0.6 is 0 Å². The summed E-state index contributed by atoms with van der Waals surface area (Å²) in [6.45, 7) is 0. The molecular formula is C13H10N2O. The number of H-pyrrole nitrogens is 1.